The molecule has 0 saturated carbocycles. The molecule has 2 aliphatic rings. The van der Waals surface area contributed by atoms with Gasteiger partial charge in [-0.1, -0.05) is 17.7 Å². The Morgan fingerprint density at radius 1 is 1.26 bits per heavy atom. The minimum atomic E-state index is -0.0671. The van der Waals surface area contributed by atoms with E-state index < -0.39 is 0 Å². The van der Waals surface area contributed by atoms with Crippen molar-refractivity contribution in [3.8, 4) is 11.1 Å². The lowest BCUT2D eigenvalue weighted by Gasteiger charge is -2.32. The van der Waals surface area contributed by atoms with Crippen LogP contribution < -0.4 is 15.8 Å². The maximum absolute atomic E-state index is 13.5. The standard InChI is InChI=1S/C22H24ClN7O/c1-3-30-11-16-17(27-30)5-4-14(19(16)23)15-8-25-20-18(15)21(31)28(2)22(26-20)29-9-12-6-13(10-29)24-7-12/h4-5,8,11-13,24-25H,3,6-7,9-10H2,1-2H3. The molecular weight excluding hydrogens is 414 g/mol. The second-order valence-corrected chi connectivity index (χ2v) is 9.04. The molecule has 9 heteroatoms. The molecular formula is C22H24ClN7O. The summed E-state index contributed by atoms with van der Waals surface area (Å²) in [5, 5.41) is 10.1. The van der Waals surface area contributed by atoms with E-state index in [-0.39, 0.29) is 5.56 Å². The summed E-state index contributed by atoms with van der Waals surface area (Å²) in [5.74, 6) is 1.33. The molecule has 5 heterocycles. The molecule has 4 aromatic rings. The predicted octanol–water partition coefficient (Wildman–Crippen LogP) is 2.75. The van der Waals surface area contributed by atoms with Crippen molar-refractivity contribution >= 4 is 39.5 Å². The Kier molecular flexibility index (Phi) is 4.16. The number of halogens is 1. The first-order valence-corrected chi connectivity index (χ1v) is 11.1. The third-order valence-corrected chi connectivity index (χ3v) is 7.10. The smallest absolute Gasteiger partial charge is 0.264 e. The highest BCUT2D eigenvalue weighted by Crippen LogP contribution is 2.37. The van der Waals surface area contributed by atoms with Gasteiger partial charge in [-0.2, -0.15) is 10.1 Å². The number of fused-ring (bicyclic) bond motifs is 4. The lowest BCUT2D eigenvalue weighted by atomic mass is 10.0. The largest absolute Gasteiger partial charge is 0.345 e. The van der Waals surface area contributed by atoms with Crippen molar-refractivity contribution in [3.05, 3.63) is 39.9 Å². The summed E-state index contributed by atoms with van der Waals surface area (Å²) in [6.45, 7) is 5.65. The molecule has 1 aromatic carbocycles. The van der Waals surface area contributed by atoms with Crippen LogP contribution in [-0.2, 0) is 13.6 Å². The normalized spacial score (nSPS) is 20.9. The number of nitrogens with one attached hydrogen (secondary N) is 2. The van der Waals surface area contributed by atoms with Crippen molar-refractivity contribution in [2.75, 3.05) is 24.5 Å². The van der Waals surface area contributed by atoms with Gasteiger partial charge in [0.1, 0.15) is 5.65 Å². The van der Waals surface area contributed by atoms with Gasteiger partial charge < -0.3 is 15.2 Å². The minimum absolute atomic E-state index is 0.0671. The van der Waals surface area contributed by atoms with E-state index in [4.69, 9.17) is 16.6 Å². The van der Waals surface area contributed by atoms with Gasteiger partial charge in [0.25, 0.3) is 5.56 Å². The van der Waals surface area contributed by atoms with Crippen LogP contribution >= 0.6 is 11.6 Å². The topological polar surface area (TPSA) is 83.8 Å². The average molecular weight is 438 g/mol. The highest BCUT2D eigenvalue weighted by molar-refractivity contribution is 6.38. The maximum Gasteiger partial charge on any atom is 0.264 e. The number of benzene rings is 1. The molecule has 160 valence electrons. The van der Waals surface area contributed by atoms with Crippen molar-refractivity contribution in [2.24, 2.45) is 13.0 Å². The van der Waals surface area contributed by atoms with Crippen molar-refractivity contribution < 1.29 is 0 Å². The van der Waals surface area contributed by atoms with Gasteiger partial charge in [0.15, 0.2) is 0 Å². The van der Waals surface area contributed by atoms with E-state index in [0.717, 1.165) is 54.2 Å². The van der Waals surface area contributed by atoms with Gasteiger partial charge in [-0.05, 0) is 25.3 Å². The Labute approximate surface area is 183 Å². The molecule has 2 N–H and O–H groups in total. The molecule has 31 heavy (non-hydrogen) atoms. The number of rotatable bonds is 3. The third-order valence-electron chi connectivity index (χ3n) is 6.69. The summed E-state index contributed by atoms with van der Waals surface area (Å²) in [4.78, 5) is 23.8. The van der Waals surface area contributed by atoms with Gasteiger partial charge in [-0.3, -0.25) is 14.0 Å². The van der Waals surface area contributed by atoms with Crippen LogP contribution in [-0.4, -0.2) is 50.0 Å². The van der Waals surface area contributed by atoms with E-state index in [1.807, 2.05) is 36.1 Å². The molecule has 0 spiro atoms. The summed E-state index contributed by atoms with van der Waals surface area (Å²) < 4.78 is 3.54. The Balaban J connectivity index is 1.49. The van der Waals surface area contributed by atoms with Crippen molar-refractivity contribution in [1.82, 2.24) is 29.6 Å². The van der Waals surface area contributed by atoms with Gasteiger partial charge in [0, 0.05) is 68.2 Å². The van der Waals surface area contributed by atoms with Crippen LogP contribution in [0, 0.1) is 5.92 Å². The molecule has 2 bridgehead atoms. The fourth-order valence-electron chi connectivity index (χ4n) is 5.12. The number of H-pyrrole nitrogens is 1. The van der Waals surface area contributed by atoms with Crippen LogP contribution in [0.15, 0.2) is 29.3 Å². The molecule has 2 unspecified atom stereocenters. The fourth-order valence-corrected chi connectivity index (χ4v) is 5.43. The SMILES string of the molecule is CCn1cc2c(Cl)c(-c3c[nH]c4nc(N5CC6CNC(C6)C5)n(C)c(=O)c34)ccc2n1. The number of aromatic amines is 1. The average Bonchev–Trinajstić information content (AvgIpc) is 3.47. The van der Waals surface area contributed by atoms with Crippen molar-refractivity contribution in [1.29, 1.82) is 0 Å². The number of nitrogens with zero attached hydrogens (tertiary/aromatic N) is 5. The van der Waals surface area contributed by atoms with Crippen LogP contribution in [0.4, 0.5) is 5.95 Å². The summed E-state index contributed by atoms with van der Waals surface area (Å²) in [5.41, 5.74) is 2.95. The molecule has 0 aliphatic carbocycles. The Morgan fingerprint density at radius 2 is 2.13 bits per heavy atom. The second kappa shape index (κ2) is 6.83. The molecule has 0 amide bonds. The van der Waals surface area contributed by atoms with Crippen LogP contribution in [0.25, 0.3) is 33.1 Å². The predicted molar refractivity (Wildman–Crippen MR) is 123 cm³/mol. The lowest BCUT2D eigenvalue weighted by Crippen LogP contribution is -2.43. The van der Waals surface area contributed by atoms with E-state index in [1.54, 1.807) is 11.6 Å². The van der Waals surface area contributed by atoms with E-state index in [2.05, 4.69) is 20.3 Å². The first-order chi connectivity index (χ1) is 15.0. The molecule has 6 rings (SSSR count). The number of aromatic nitrogens is 5. The Morgan fingerprint density at radius 3 is 2.94 bits per heavy atom. The number of piperidine rings is 1. The summed E-state index contributed by atoms with van der Waals surface area (Å²) in [6, 6.07) is 4.35. The van der Waals surface area contributed by atoms with Crippen molar-refractivity contribution in [3.63, 3.8) is 0 Å². The van der Waals surface area contributed by atoms with Gasteiger partial charge in [-0.15, -0.1) is 0 Å². The summed E-state index contributed by atoms with van der Waals surface area (Å²) in [6.07, 6.45) is 4.99. The van der Waals surface area contributed by atoms with Crippen LogP contribution in [0.1, 0.15) is 13.3 Å². The highest BCUT2D eigenvalue weighted by atomic mass is 35.5. The van der Waals surface area contributed by atoms with Crippen LogP contribution in [0.3, 0.4) is 0 Å². The maximum atomic E-state index is 13.5. The zero-order valence-electron chi connectivity index (χ0n) is 17.5. The fraction of sp³-hybridized carbons (Fsp3) is 0.409. The van der Waals surface area contributed by atoms with E-state index in [0.29, 0.717) is 28.0 Å². The molecule has 2 aliphatic heterocycles. The number of hydrogen-bond acceptors (Lipinski definition) is 5. The molecule has 3 aromatic heterocycles. The first-order valence-electron chi connectivity index (χ1n) is 10.8. The quantitative estimate of drug-likeness (QED) is 0.515. The number of hydrogen-bond donors (Lipinski definition) is 2. The number of aryl methyl sites for hydroxylation is 1. The summed E-state index contributed by atoms with van der Waals surface area (Å²) >= 11 is 6.78. The second-order valence-electron chi connectivity index (χ2n) is 8.66. The third kappa shape index (κ3) is 2.81. The molecule has 8 nitrogen and oxygen atoms in total. The van der Waals surface area contributed by atoms with E-state index in [9.17, 15) is 4.79 Å². The monoisotopic (exact) mass is 437 g/mol. The zero-order valence-corrected chi connectivity index (χ0v) is 18.3. The van der Waals surface area contributed by atoms with Crippen LogP contribution in [0.2, 0.25) is 5.02 Å². The van der Waals surface area contributed by atoms with Gasteiger partial charge >= 0.3 is 0 Å². The Hall–Kier alpha value is -2.84. The highest BCUT2D eigenvalue weighted by Gasteiger charge is 2.34. The van der Waals surface area contributed by atoms with Crippen molar-refractivity contribution in [2.45, 2.75) is 25.9 Å². The van der Waals surface area contributed by atoms with Gasteiger partial charge in [0.05, 0.1) is 15.9 Å². The molecule has 0 radical (unpaired) electrons. The summed E-state index contributed by atoms with van der Waals surface area (Å²) in [7, 11) is 1.81. The lowest BCUT2D eigenvalue weighted by molar-refractivity contribution is 0.464. The molecule has 2 atom stereocenters. The zero-order chi connectivity index (χ0) is 21.3. The molecule has 2 saturated heterocycles. The molecule has 2 fully saturated rings. The Bertz CT molecular complexity index is 1370. The first kappa shape index (κ1) is 18.9. The van der Waals surface area contributed by atoms with E-state index in [1.165, 1.54) is 6.42 Å². The van der Waals surface area contributed by atoms with Gasteiger partial charge in [-0.25, -0.2) is 0 Å². The van der Waals surface area contributed by atoms with E-state index >= 15 is 0 Å². The van der Waals surface area contributed by atoms with Crippen LogP contribution in [0.5, 0.6) is 0 Å². The van der Waals surface area contributed by atoms with Gasteiger partial charge in [0.2, 0.25) is 5.95 Å². The minimum Gasteiger partial charge on any atom is -0.345 e. The number of anilines is 1.